The molecule has 0 saturated heterocycles. The molecule has 1 atom stereocenters. The van der Waals surface area contributed by atoms with Gasteiger partial charge in [0.15, 0.2) is 5.78 Å². The summed E-state index contributed by atoms with van der Waals surface area (Å²) in [7, 11) is 0. The molecule has 1 amide bonds. The first kappa shape index (κ1) is 16.2. The van der Waals surface area contributed by atoms with E-state index in [0.29, 0.717) is 12.5 Å². The second-order valence-electron chi connectivity index (χ2n) is 5.83. The molecule has 0 saturated carbocycles. The quantitative estimate of drug-likeness (QED) is 0.845. The van der Waals surface area contributed by atoms with Gasteiger partial charge in [0.1, 0.15) is 0 Å². The maximum absolute atomic E-state index is 12.5. The van der Waals surface area contributed by atoms with E-state index in [1.807, 2.05) is 13.8 Å². The Morgan fingerprint density at radius 1 is 1.27 bits per heavy atom. The van der Waals surface area contributed by atoms with Gasteiger partial charge in [0, 0.05) is 18.0 Å². The Morgan fingerprint density at radius 2 is 2.00 bits per heavy atom. The van der Waals surface area contributed by atoms with E-state index in [-0.39, 0.29) is 11.7 Å². The summed E-state index contributed by atoms with van der Waals surface area (Å²) in [5, 5.41) is 2.88. The summed E-state index contributed by atoms with van der Waals surface area (Å²) in [6.45, 7) is 8.10. The first-order valence-electron chi connectivity index (χ1n) is 7.72. The van der Waals surface area contributed by atoms with E-state index >= 15 is 0 Å². The second-order valence-corrected chi connectivity index (χ2v) is 5.83. The van der Waals surface area contributed by atoms with Crippen molar-refractivity contribution in [1.29, 1.82) is 0 Å². The predicted octanol–water partition coefficient (Wildman–Crippen LogP) is 3.54. The Balaban J connectivity index is 2.26. The van der Waals surface area contributed by atoms with Gasteiger partial charge in [0.05, 0.1) is 0 Å². The maximum atomic E-state index is 12.5. The lowest BCUT2D eigenvalue weighted by molar-refractivity contribution is -0.115. The molecular weight excluding hydrogens is 274 g/mol. The highest BCUT2D eigenvalue weighted by Crippen LogP contribution is 2.43. The molecule has 0 spiro atoms. The van der Waals surface area contributed by atoms with Crippen LogP contribution in [0, 0.1) is 6.92 Å². The molecular formula is C19H23NO2. The summed E-state index contributed by atoms with van der Waals surface area (Å²) in [6, 6.07) is 6.33. The number of carbonyl (C=O) groups is 2. The van der Waals surface area contributed by atoms with Crippen LogP contribution in [0.3, 0.4) is 0 Å². The van der Waals surface area contributed by atoms with Crippen LogP contribution in [0.25, 0.3) is 5.57 Å². The van der Waals surface area contributed by atoms with Crippen molar-refractivity contribution >= 4 is 17.3 Å². The minimum absolute atomic E-state index is 0.0162. The Hall–Kier alpha value is -2.16. The van der Waals surface area contributed by atoms with Crippen LogP contribution in [-0.4, -0.2) is 18.2 Å². The van der Waals surface area contributed by atoms with Crippen molar-refractivity contribution in [3.63, 3.8) is 0 Å². The summed E-state index contributed by atoms with van der Waals surface area (Å²) in [6.07, 6.45) is 4.14. The lowest BCUT2D eigenvalue weighted by atomic mass is 9.93. The molecule has 1 aromatic rings. The summed E-state index contributed by atoms with van der Waals surface area (Å²) in [4.78, 5) is 23.4. The number of benzene rings is 1. The van der Waals surface area contributed by atoms with Crippen LogP contribution in [0.5, 0.6) is 0 Å². The lowest BCUT2D eigenvalue weighted by Crippen LogP contribution is -2.24. The largest absolute Gasteiger partial charge is 0.349 e. The summed E-state index contributed by atoms with van der Waals surface area (Å²) < 4.78 is 0. The standard InChI is InChI=1S/C19H23NO2/c1-5-15-14(4)18(17-11-12(2)8-9-16(15)17)19(22)20-10-6-7-13(3)21/h6-9,11,15H,5,10H2,1-4H3,(H,20,22)/b7-6+. The van der Waals surface area contributed by atoms with Gasteiger partial charge in [-0.25, -0.2) is 0 Å². The molecule has 116 valence electrons. The first-order chi connectivity index (χ1) is 10.5. The highest BCUT2D eigenvalue weighted by Gasteiger charge is 2.30. The molecule has 0 aliphatic heterocycles. The molecule has 3 nitrogen and oxygen atoms in total. The number of hydrogen-bond acceptors (Lipinski definition) is 2. The van der Waals surface area contributed by atoms with Crippen molar-refractivity contribution in [2.75, 3.05) is 6.54 Å². The third-order valence-corrected chi connectivity index (χ3v) is 4.14. The second kappa shape index (κ2) is 6.73. The number of nitrogens with one attached hydrogen (secondary N) is 1. The monoisotopic (exact) mass is 297 g/mol. The molecule has 0 fully saturated rings. The van der Waals surface area contributed by atoms with Crippen LogP contribution < -0.4 is 5.32 Å². The molecule has 1 aliphatic carbocycles. The van der Waals surface area contributed by atoms with Crippen LogP contribution in [0.4, 0.5) is 0 Å². The van der Waals surface area contributed by atoms with Crippen LogP contribution in [-0.2, 0) is 9.59 Å². The minimum atomic E-state index is -0.0616. The fourth-order valence-electron chi connectivity index (χ4n) is 3.10. The van der Waals surface area contributed by atoms with Gasteiger partial charge in [0.2, 0.25) is 0 Å². The highest BCUT2D eigenvalue weighted by atomic mass is 16.1. The number of amides is 1. The van der Waals surface area contributed by atoms with E-state index in [1.54, 1.807) is 6.08 Å². The zero-order chi connectivity index (χ0) is 16.3. The molecule has 1 unspecified atom stereocenters. The Kier molecular flexibility index (Phi) is 4.96. The molecule has 2 rings (SSSR count). The Bertz CT molecular complexity index is 668. The number of fused-ring (bicyclic) bond motifs is 1. The molecule has 1 aliphatic rings. The van der Waals surface area contributed by atoms with Crippen molar-refractivity contribution in [1.82, 2.24) is 5.32 Å². The number of carbonyl (C=O) groups excluding carboxylic acids is 2. The van der Waals surface area contributed by atoms with Gasteiger partial charge in [-0.15, -0.1) is 0 Å². The fraction of sp³-hybridized carbons (Fsp3) is 0.368. The van der Waals surface area contributed by atoms with Crippen LogP contribution in [0.2, 0.25) is 0 Å². The average molecular weight is 297 g/mol. The van der Waals surface area contributed by atoms with E-state index in [0.717, 1.165) is 28.7 Å². The van der Waals surface area contributed by atoms with E-state index in [1.165, 1.54) is 18.6 Å². The van der Waals surface area contributed by atoms with Gasteiger partial charge in [-0.3, -0.25) is 9.59 Å². The zero-order valence-corrected chi connectivity index (χ0v) is 13.7. The molecule has 0 radical (unpaired) electrons. The molecule has 1 aromatic carbocycles. The third-order valence-electron chi connectivity index (χ3n) is 4.14. The van der Waals surface area contributed by atoms with Crippen LogP contribution in [0.15, 0.2) is 35.9 Å². The van der Waals surface area contributed by atoms with E-state index in [2.05, 4.69) is 30.4 Å². The number of allylic oxidation sites excluding steroid dienone is 2. The number of aryl methyl sites for hydroxylation is 1. The van der Waals surface area contributed by atoms with Crippen molar-refractivity contribution in [3.8, 4) is 0 Å². The fourth-order valence-corrected chi connectivity index (χ4v) is 3.10. The molecule has 22 heavy (non-hydrogen) atoms. The van der Waals surface area contributed by atoms with Gasteiger partial charge in [0.25, 0.3) is 5.91 Å². The molecule has 0 heterocycles. The van der Waals surface area contributed by atoms with E-state index in [9.17, 15) is 9.59 Å². The molecule has 3 heteroatoms. The number of hydrogen-bond donors (Lipinski definition) is 1. The summed E-state index contributed by atoms with van der Waals surface area (Å²) in [5.74, 6) is 0.246. The number of rotatable bonds is 5. The predicted molar refractivity (Wildman–Crippen MR) is 89.6 cm³/mol. The van der Waals surface area contributed by atoms with Crippen molar-refractivity contribution in [3.05, 3.63) is 52.6 Å². The van der Waals surface area contributed by atoms with Crippen molar-refractivity contribution < 1.29 is 9.59 Å². The van der Waals surface area contributed by atoms with Crippen molar-refractivity contribution in [2.45, 2.75) is 40.0 Å². The molecule has 0 bridgehead atoms. The summed E-state index contributed by atoms with van der Waals surface area (Å²) in [5.41, 5.74) is 5.38. The van der Waals surface area contributed by atoms with Gasteiger partial charge >= 0.3 is 0 Å². The van der Waals surface area contributed by atoms with E-state index in [4.69, 9.17) is 0 Å². The smallest absolute Gasteiger partial charge is 0.252 e. The summed E-state index contributed by atoms with van der Waals surface area (Å²) >= 11 is 0. The van der Waals surface area contributed by atoms with Crippen LogP contribution in [0.1, 0.15) is 49.8 Å². The lowest BCUT2D eigenvalue weighted by Gasteiger charge is -2.10. The first-order valence-corrected chi connectivity index (χ1v) is 7.72. The molecule has 1 N–H and O–H groups in total. The topological polar surface area (TPSA) is 46.2 Å². The van der Waals surface area contributed by atoms with E-state index < -0.39 is 0 Å². The third kappa shape index (κ3) is 3.19. The SMILES string of the molecule is CCC1C(C)=C(C(=O)NC/C=C/C(C)=O)c2cc(C)ccc21. The Labute approximate surface area is 132 Å². The molecule has 0 aromatic heterocycles. The van der Waals surface area contributed by atoms with Gasteiger partial charge in [-0.2, -0.15) is 0 Å². The van der Waals surface area contributed by atoms with Gasteiger partial charge < -0.3 is 5.32 Å². The maximum Gasteiger partial charge on any atom is 0.252 e. The van der Waals surface area contributed by atoms with Crippen molar-refractivity contribution in [2.24, 2.45) is 0 Å². The van der Waals surface area contributed by atoms with Crippen LogP contribution >= 0.6 is 0 Å². The normalized spacial score (nSPS) is 17.0. The Morgan fingerprint density at radius 3 is 2.64 bits per heavy atom. The van der Waals surface area contributed by atoms with Gasteiger partial charge in [-0.1, -0.05) is 42.3 Å². The van der Waals surface area contributed by atoms with Gasteiger partial charge in [-0.05, 0) is 44.4 Å². The zero-order valence-electron chi connectivity index (χ0n) is 13.7. The minimum Gasteiger partial charge on any atom is -0.349 e. The average Bonchev–Trinajstić information content (AvgIpc) is 2.73. The highest BCUT2D eigenvalue weighted by molar-refractivity contribution is 6.22. The number of ketones is 1.